The van der Waals surface area contributed by atoms with Crippen molar-refractivity contribution < 1.29 is 9.84 Å². The van der Waals surface area contributed by atoms with Crippen LogP contribution in [-0.2, 0) is 4.74 Å². The summed E-state index contributed by atoms with van der Waals surface area (Å²) in [4.78, 5) is 0. The molecular weight excluding hydrogens is 344 g/mol. The lowest BCUT2D eigenvalue weighted by atomic mass is 9.45. The van der Waals surface area contributed by atoms with Gasteiger partial charge in [-0.1, -0.05) is 33.6 Å². The number of rotatable bonds is 4. The van der Waals surface area contributed by atoms with Gasteiger partial charge in [-0.05, 0) is 111 Å². The van der Waals surface area contributed by atoms with Crippen LogP contribution >= 0.6 is 0 Å². The number of ether oxygens (including phenoxy) is 1. The molecule has 1 aliphatic heterocycles. The first-order valence-corrected chi connectivity index (χ1v) is 12.7. The average molecular weight is 389 g/mol. The molecule has 0 radical (unpaired) electrons. The largest absolute Gasteiger partial charge is 0.396 e. The van der Waals surface area contributed by atoms with Crippen molar-refractivity contribution in [1.82, 2.24) is 0 Å². The Bertz CT molecular complexity index is 575. The maximum Gasteiger partial charge on any atom is 0.0616 e. The number of aliphatic hydroxyl groups is 1. The molecule has 0 amide bonds. The topological polar surface area (TPSA) is 29.5 Å². The molecule has 10 atom stereocenters. The van der Waals surface area contributed by atoms with Crippen molar-refractivity contribution in [2.75, 3.05) is 6.61 Å². The SMILES string of the molecule is C[C@H](CO)CC[C@@H]1C[C@H]2C(CC3[C@@H]4CC[C@@H]5CCCC[C@]5(C)C4CC[C@@]32C)O1. The number of fused-ring (bicyclic) bond motifs is 7. The lowest BCUT2D eigenvalue weighted by molar-refractivity contribution is -0.111. The van der Waals surface area contributed by atoms with Gasteiger partial charge >= 0.3 is 0 Å². The van der Waals surface area contributed by atoms with E-state index in [1.54, 1.807) is 0 Å². The second-order valence-electron chi connectivity index (χ2n) is 12.2. The summed E-state index contributed by atoms with van der Waals surface area (Å²) >= 11 is 0. The van der Waals surface area contributed by atoms with Crippen LogP contribution in [0.4, 0.5) is 0 Å². The Morgan fingerprint density at radius 3 is 2.61 bits per heavy atom. The van der Waals surface area contributed by atoms with Gasteiger partial charge in [-0.2, -0.15) is 0 Å². The van der Waals surface area contributed by atoms with Crippen LogP contribution in [0.5, 0.6) is 0 Å². The molecule has 4 saturated carbocycles. The minimum Gasteiger partial charge on any atom is -0.396 e. The molecule has 0 bridgehead atoms. The first-order chi connectivity index (χ1) is 13.5. The van der Waals surface area contributed by atoms with Crippen LogP contribution in [0.2, 0.25) is 0 Å². The van der Waals surface area contributed by atoms with Crippen molar-refractivity contribution in [3.05, 3.63) is 0 Å². The Labute approximate surface area is 173 Å². The Morgan fingerprint density at radius 1 is 0.929 bits per heavy atom. The summed E-state index contributed by atoms with van der Waals surface area (Å²) in [5, 5.41) is 9.34. The zero-order chi connectivity index (χ0) is 19.5. The summed E-state index contributed by atoms with van der Waals surface area (Å²) in [6.07, 6.45) is 17.9. The van der Waals surface area contributed by atoms with Crippen LogP contribution in [0, 0.1) is 46.3 Å². The summed E-state index contributed by atoms with van der Waals surface area (Å²) in [5.74, 6) is 5.18. The molecular formula is C26H44O2. The van der Waals surface area contributed by atoms with Gasteiger partial charge in [0.25, 0.3) is 0 Å². The molecule has 1 N–H and O–H groups in total. The quantitative estimate of drug-likeness (QED) is 0.620. The van der Waals surface area contributed by atoms with Crippen molar-refractivity contribution in [1.29, 1.82) is 0 Å². The van der Waals surface area contributed by atoms with E-state index in [9.17, 15) is 5.11 Å². The fraction of sp³-hybridized carbons (Fsp3) is 1.00. The van der Waals surface area contributed by atoms with Crippen molar-refractivity contribution in [2.24, 2.45) is 46.3 Å². The van der Waals surface area contributed by atoms with E-state index in [0.29, 0.717) is 35.6 Å². The van der Waals surface area contributed by atoms with Crippen LogP contribution in [0.15, 0.2) is 0 Å². The summed E-state index contributed by atoms with van der Waals surface area (Å²) in [5.41, 5.74) is 1.20. The molecule has 0 aromatic rings. The highest BCUT2D eigenvalue weighted by Crippen LogP contribution is 2.69. The number of hydrogen-bond acceptors (Lipinski definition) is 2. The molecule has 28 heavy (non-hydrogen) atoms. The van der Waals surface area contributed by atoms with Crippen molar-refractivity contribution in [3.63, 3.8) is 0 Å². The van der Waals surface area contributed by atoms with Crippen molar-refractivity contribution in [3.8, 4) is 0 Å². The standard InChI is InChI=1S/C26H44O2/c1-17(16-27)7-9-19-14-23-24(28-19)15-22-20-10-8-18-6-4-5-12-25(18,2)21(20)11-13-26(22,23)3/h17-24,27H,4-16H2,1-3H3/t17-,18-,19+,20+,21?,22?,23-,24?,25-,26-/m0/s1. The molecule has 2 nitrogen and oxygen atoms in total. The Morgan fingerprint density at radius 2 is 1.79 bits per heavy atom. The molecule has 5 fully saturated rings. The van der Waals surface area contributed by atoms with Gasteiger partial charge in [-0.25, -0.2) is 0 Å². The third-order valence-electron chi connectivity index (χ3n) is 11.0. The molecule has 5 rings (SSSR count). The van der Waals surface area contributed by atoms with Crippen molar-refractivity contribution in [2.45, 2.75) is 110 Å². The van der Waals surface area contributed by atoms with E-state index >= 15 is 0 Å². The van der Waals surface area contributed by atoms with Gasteiger partial charge in [-0.3, -0.25) is 0 Å². The summed E-state index contributed by atoms with van der Waals surface area (Å²) in [6, 6.07) is 0. The monoisotopic (exact) mass is 388 g/mol. The van der Waals surface area contributed by atoms with Gasteiger partial charge < -0.3 is 9.84 Å². The molecule has 0 aromatic heterocycles. The fourth-order valence-corrected chi connectivity index (χ4v) is 9.29. The van der Waals surface area contributed by atoms with Gasteiger partial charge in [0.2, 0.25) is 0 Å². The fourth-order valence-electron chi connectivity index (χ4n) is 9.29. The van der Waals surface area contributed by atoms with E-state index in [2.05, 4.69) is 20.8 Å². The van der Waals surface area contributed by atoms with Gasteiger partial charge in [0.15, 0.2) is 0 Å². The molecule has 0 aromatic carbocycles. The highest BCUT2D eigenvalue weighted by atomic mass is 16.5. The van der Waals surface area contributed by atoms with E-state index in [1.165, 1.54) is 64.2 Å². The van der Waals surface area contributed by atoms with E-state index in [0.717, 1.165) is 42.4 Å². The van der Waals surface area contributed by atoms with Crippen LogP contribution in [0.25, 0.3) is 0 Å². The van der Waals surface area contributed by atoms with Crippen LogP contribution in [-0.4, -0.2) is 23.9 Å². The van der Waals surface area contributed by atoms with Crippen LogP contribution in [0.3, 0.4) is 0 Å². The molecule has 5 aliphatic rings. The molecule has 3 unspecified atom stereocenters. The predicted octanol–water partition coefficient (Wildman–Crippen LogP) is 6.21. The molecule has 2 heteroatoms. The summed E-state index contributed by atoms with van der Waals surface area (Å²) < 4.78 is 6.67. The maximum absolute atomic E-state index is 9.34. The average Bonchev–Trinajstić information content (AvgIpc) is 3.22. The third kappa shape index (κ3) is 2.95. The summed E-state index contributed by atoms with van der Waals surface area (Å²) in [7, 11) is 0. The summed E-state index contributed by atoms with van der Waals surface area (Å²) in [6.45, 7) is 7.84. The van der Waals surface area contributed by atoms with Gasteiger partial charge in [0, 0.05) is 6.61 Å². The lowest BCUT2D eigenvalue weighted by Gasteiger charge is -2.60. The van der Waals surface area contributed by atoms with E-state index in [1.807, 2.05) is 0 Å². The second kappa shape index (κ2) is 7.26. The minimum atomic E-state index is 0.322. The van der Waals surface area contributed by atoms with Gasteiger partial charge in [0.1, 0.15) is 0 Å². The zero-order valence-corrected chi connectivity index (χ0v) is 18.7. The normalized spacial score (nSPS) is 53.8. The Balaban J connectivity index is 1.29. The van der Waals surface area contributed by atoms with Crippen LogP contribution in [0.1, 0.15) is 97.8 Å². The maximum atomic E-state index is 9.34. The highest BCUT2D eigenvalue weighted by Gasteiger charge is 2.63. The van der Waals surface area contributed by atoms with E-state index in [-0.39, 0.29) is 0 Å². The zero-order valence-electron chi connectivity index (χ0n) is 18.7. The molecule has 1 heterocycles. The lowest BCUT2D eigenvalue weighted by Crippen LogP contribution is -2.52. The second-order valence-corrected chi connectivity index (χ2v) is 12.2. The first kappa shape index (κ1) is 19.9. The van der Waals surface area contributed by atoms with Gasteiger partial charge in [0.05, 0.1) is 12.2 Å². The highest BCUT2D eigenvalue weighted by molar-refractivity contribution is 5.12. The van der Waals surface area contributed by atoms with E-state index in [4.69, 9.17) is 4.74 Å². The Hall–Kier alpha value is -0.0800. The molecule has 4 aliphatic carbocycles. The van der Waals surface area contributed by atoms with Crippen LogP contribution < -0.4 is 0 Å². The first-order valence-electron chi connectivity index (χ1n) is 12.7. The van der Waals surface area contributed by atoms with E-state index < -0.39 is 0 Å². The molecule has 160 valence electrons. The third-order valence-corrected chi connectivity index (χ3v) is 11.0. The predicted molar refractivity (Wildman–Crippen MR) is 114 cm³/mol. The Kier molecular flexibility index (Phi) is 5.15. The number of hydrogen-bond donors (Lipinski definition) is 1. The van der Waals surface area contributed by atoms with Gasteiger partial charge in [-0.15, -0.1) is 0 Å². The molecule has 1 saturated heterocycles. The smallest absolute Gasteiger partial charge is 0.0616 e. The molecule has 0 spiro atoms. The number of aliphatic hydroxyl groups excluding tert-OH is 1. The van der Waals surface area contributed by atoms with Crippen molar-refractivity contribution >= 4 is 0 Å². The minimum absolute atomic E-state index is 0.322.